The molecule has 0 aliphatic carbocycles. The molecule has 15 heterocycles. The molecule has 1 unspecified atom stereocenters. The molecule has 0 spiro atoms. The van der Waals surface area contributed by atoms with E-state index in [0.29, 0.717) is 28.5 Å². The Kier molecular flexibility index (Phi) is 20.2. The lowest BCUT2D eigenvalue weighted by atomic mass is 9.95. The van der Waals surface area contributed by atoms with Gasteiger partial charge in [-0.15, -0.1) is 0 Å². The van der Waals surface area contributed by atoms with Gasteiger partial charge in [0.2, 0.25) is 57.0 Å². The number of nitrogens with zero attached hydrogens (tertiary/aromatic N) is 10. The lowest BCUT2D eigenvalue weighted by Crippen LogP contribution is -2.31. The first-order valence-corrected chi connectivity index (χ1v) is 42.3. The smallest absolute Gasteiger partial charge is 0.227 e. The predicted molar refractivity (Wildman–Crippen MR) is 504 cm³/mol. The first kappa shape index (κ1) is 75.6. The van der Waals surface area contributed by atoms with E-state index in [1.807, 2.05) is 120 Å². The first-order valence-electron chi connectivity index (χ1n) is 45.8. The highest BCUT2D eigenvalue weighted by Gasteiger charge is 2.30. The van der Waals surface area contributed by atoms with Crippen molar-refractivity contribution in [2.24, 2.45) is 35.2 Å². The summed E-state index contributed by atoms with van der Waals surface area (Å²) in [6.07, 6.45) is 9.93. The summed E-state index contributed by atoms with van der Waals surface area (Å²) in [6, 6.07) is 51.5. The highest BCUT2D eigenvalue weighted by molar-refractivity contribution is 6.14. The van der Waals surface area contributed by atoms with E-state index in [1.54, 1.807) is 30.6 Å². The number of furan rings is 5. The summed E-state index contributed by atoms with van der Waals surface area (Å²) in [4.78, 5) is 22.8. The summed E-state index contributed by atoms with van der Waals surface area (Å²) in [5.74, 6) is -1.24. The molecule has 0 aliphatic rings. The Morgan fingerprint density at radius 2 is 0.597 bits per heavy atom. The maximum atomic E-state index is 8.51. The molecule has 0 aliphatic heterocycles. The maximum Gasteiger partial charge on any atom is 0.227 e. The molecule has 0 bridgehead atoms. The summed E-state index contributed by atoms with van der Waals surface area (Å²) in [5.41, 5.74) is 39.3. The van der Waals surface area contributed by atoms with E-state index in [1.165, 1.54) is 90.1 Å². The van der Waals surface area contributed by atoms with Crippen LogP contribution in [0.25, 0.3) is 167 Å². The molecular formula is C109H113N10O5+5. The molecule has 0 fully saturated rings. The van der Waals surface area contributed by atoms with Gasteiger partial charge in [0.25, 0.3) is 0 Å². The lowest BCUT2D eigenvalue weighted by Gasteiger charge is -2.10. The molecule has 15 heteroatoms. The first-order chi connectivity index (χ1) is 61.8. The van der Waals surface area contributed by atoms with E-state index in [4.69, 9.17) is 31.7 Å². The second-order valence-corrected chi connectivity index (χ2v) is 34.4. The lowest BCUT2D eigenvalue weighted by molar-refractivity contribution is -0.660. The minimum Gasteiger partial charge on any atom is -0.437 e. The third-order valence-electron chi connectivity index (χ3n) is 24.3. The molecule has 1 atom stereocenters. The number of hydrogen-bond donors (Lipinski definition) is 0. The zero-order chi connectivity index (χ0) is 94.1. The number of hydrogen-bond acceptors (Lipinski definition) is 10. The van der Waals surface area contributed by atoms with Crippen LogP contribution in [0.15, 0.2) is 205 Å². The van der Waals surface area contributed by atoms with Gasteiger partial charge in [0.05, 0.1) is 27.8 Å². The highest BCUT2D eigenvalue weighted by Crippen LogP contribution is 2.45. The third kappa shape index (κ3) is 15.5. The largest absolute Gasteiger partial charge is 0.437 e. The van der Waals surface area contributed by atoms with Crippen LogP contribution in [0.3, 0.4) is 0 Å². The minimum atomic E-state index is -2.44. The van der Waals surface area contributed by atoms with Crippen molar-refractivity contribution in [2.45, 2.75) is 164 Å². The van der Waals surface area contributed by atoms with Gasteiger partial charge in [-0.3, -0.25) is 0 Å². The molecule has 5 aromatic carbocycles. The Morgan fingerprint density at radius 1 is 0.274 bits per heavy atom. The van der Waals surface area contributed by atoms with Crippen molar-refractivity contribution in [2.75, 3.05) is 0 Å². The molecule has 15 aromatic heterocycles. The molecule has 20 aromatic rings. The SMILES string of the molecule is Cc1ccc(-c2c(C)cc(C)c3c2oc2nc(C)ccc23)[n+](C)c1.Cc1ccc2c(n1)oc1c(-c3cc(C(C)C)cc[n+]3C)c(C)cc(C)c12.Cc1ccc2c(n1)oc1c(-c3cc(C)c(C)c[n+]3C)c(C)cc(C)c12.[2H]C([2H])([2H])C([2H])(C)c1cc[n+](C)c(-c2c(C)cc(C)c3c2oc2nc(C)ccc23)c1.[2H]C([2H])([2H])c1ccc(-c2c(C)ccc3c2oc2nc(C)ccc23)[n+](C)c1. The Balaban J connectivity index is 0.000000120. The van der Waals surface area contributed by atoms with Crippen LogP contribution in [-0.4, -0.2) is 24.9 Å². The number of aryl methyl sites for hydroxylation is 23. The zero-order valence-corrected chi connectivity index (χ0v) is 75.9. The van der Waals surface area contributed by atoms with Crippen LogP contribution >= 0.6 is 0 Å². The van der Waals surface area contributed by atoms with Gasteiger partial charge in [-0.1, -0.05) is 64.0 Å². The van der Waals surface area contributed by atoms with Gasteiger partial charge in [0.15, 0.2) is 58.9 Å². The Morgan fingerprint density at radius 3 is 0.984 bits per heavy atom. The van der Waals surface area contributed by atoms with Crippen LogP contribution < -0.4 is 22.8 Å². The van der Waals surface area contributed by atoms with Crippen molar-refractivity contribution < 1.29 is 54.5 Å². The normalized spacial score (nSPS) is 13.2. The Labute approximate surface area is 735 Å². The van der Waals surface area contributed by atoms with Gasteiger partial charge in [-0.2, -0.15) is 0 Å². The summed E-state index contributed by atoms with van der Waals surface area (Å²) in [7, 11) is 10.0. The molecular weight excluding hydrogens is 1530 g/mol. The molecule has 20 rings (SSSR count). The van der Waals surface area contributed by atoms with Crippen LogP contribution in [0, 0.1) is 125 Å². The number of fused-ring (bicyclic) bond motifs is 15. The van der Waals surface area contributed by atoms with Gasteiger partial charge in [-0.25, -0.2) is 47.8 Å². The molecule has 15 nitrogen and oxygen atoms in total. The van der Waals surface area contributed by atoms with Crippen molar-refractivity contribution in [3.8, 4) is 56.3 Å². The molecule has 0 saturated carbocycles. The van der Waals surface area contributed by atoms with Gasteiger partial charge >= 0.3 is 0 Å². The quantitative estimate of drug-likeness (QED) is 0.141. The van der Waals surface area contributed by atoms with Crippen molar-refractivity contribution in [3.63, 3.8) is 0 Å². The number of rotatable bonds is 7. The topological polar surface area (TPSA) is 150 Å². The zero-order valence-electron chi connectivity index (χ0n) is 82.9. The Hall–Kier alpha value is -13.4. The monoisotopic (exact) mass is 1650 g/mol. The predicted octanol–water partition coefficient (Wildman–Crippen LogP) is 25.2. The van der Waals surface area contributed by atoms with Crippen LogP contribution in [-0.2, 0) is 35.2 Å². The summed E-state index contributed by atoms with van der Waals surface area (Å²) in [5, 5.41) is 10.7. The summed E-state index contributed by atoms with van der Waals surface area (Å²) >= 11 is 0. The van der Waals surface area contributed by atoms with Crippen molar-refractivity contribution in [1.29, 1.82) is 0 Å². The average molecular weight is 1650 g/mol. The van der Waals surface area contributed by atoms with Crippen LogP contribution in [0.4, 0.5) is 0 Å². The fourth-order valence-corrected chi connectivity index (χ4v) is 17.9. The van der Waals surface area contributed by atoms with Gasteiger partial charge in [-0.05, 0) is 276 Å². The fraction of sp³-hybridized carbons (Fsp3) is 0.266. The van der Waals surface area contributed by atoms with E-state index < -0.39 is 19.6 Å². The van der Waals surface area contributed by atoms with Crippen LogP contribution in [0.5, 0.6) is 0 Å². The highest BCUT2D eigenvalue weighted by atomic mass is 16.4. The van der Waals surface area contributed by atoms with E-state index in [2.05, 4.69) is 246 Å². The molecule has 124 heavy (non-hydrogen) atoms. The molecule has 0 N–H and O–H groups in total. The second kappa shape index (κ2) is 33.1. The van der Waals surface area contributed by atoms with E-state index >= 15 is 0 Å². The average Bonchev–Trinajstić information content (AvgIpc) is 1.17. The summed E-state index contributed by atoms with van der Waals surface area (Å²) < 4.78 is 96.2. The van der Waals surface area contributed by atoms with Crippen molar-refractivity contribution in [3.05, 3.63) is 295 Å². The van der Waals surface area contributed by atoms with E-state index in [0.717, 1.165) is 173 Å². The van der Waals surface area contributed by atoms with Crippen molar-refractivity contribution in [1.82, 2.24) is 24.9 Å². The fourth-order valence-electron chi connectivity index (χ4n) is 17.9. The van der Waals surface area contributed by atoms with E-state index in [-0.39, 0.29) is 0 Å². The van der Waals surface area contributed by atoms with Crippen LogP contribution in [0.2, 0.25) is 0 Å². The standard InChI is InChI=1S/2C23H25N2O.C22H23N2O.C21H21N2O.C20H19N2O/c2*1-13(2)17-9-10-25(6)19(12-17)21-15(4)11-14(3)20-18-8-7-16(5)24-23(18)26-22(20)21;1-12-10-18(24(6)11-15(12)4)20-14(3)9-13(2)19-17-8-7-16(5)23-22(17)25-21(19)20;1-12-6-9-17(23(5)11-12)19-14(3)10-13(2)18-16-8-7-15(4)22-21(16)24-20(18)19;1-12-5-10-17(22(4)11-12)18-13(2)6-8-15-16-9-7-14(3)21-20(16)23-19(15)18/h2*7-13H,1-6H3;7-11H,1-6H3;6-11H,1-5H3;5-11H,1-4H3/q5*+1/i1D3,13D;;;;1D3. The summed E-state index contributed by atoms with van der Waals surface area (Å²) in [6.45, 7) is 36.6. The minimum absolute atomic E-state index is 0.315. The van der Waals surface area contributed by atoms with Gasteiger partial charge in [0.1, 0.15) is 35.2 Å². The Bertz CT molecular complexity index is 8060. The van der Waals surface area contributed by atoms with Crippen molar-refractivity contribution >= 4 is 110 Å². The van der Waals surface area contributed by atoms with E-state index in [9.17, 15) is 0 Å². The van der Waals surface area contributed by atoms with Crippen LogP contribution in [0.1, 0.15) is 161 Å². The second-order valence-electron chi connectivity index (χ2n) is 34.4. The third-order valence-corrected chi connectivity index (χ3v) is 24.3. The van der Waals surface area contributed by atoms with Gasteiger partial charge in [0, 0.05) is 151 Å². The molecule has 0 radical (unpaired) electrons. The number of aromatic nitrogens is 10. The molecule has 0 amide bonds. The van der Waals surface area contributed by atoms with Gasteiger partial charge < -0.3 is 22.1 Å². The maximum absolute atomic E-state index is 8.51. The molecule has 624 valence electrons. The number of pyridine rings is 10. The number of benzene rings is 5. The molecule has 0 saturated heterocycles.